The SMILES string of the molecule is CCN(Cc1cccc(Cl)c1)C(=O)[C@@H]1CCCNC1.Cl. The van der Waals surface area contributed by atoms with Crippen molar-refractivity contribution in [3.8, 4) is 0 Å². The highest BCUT2D eigenvalue weighted by molar-refractivity contribution is 6.30. The summed E-state index contributed by atoms with van der Waals surface area (Å²) in [6.07, 6.45) is 2.09. The lowest BCUT2D eigenvalue weighted by Gasteiger charge is -2.29. The second kappa shape index (κ2) is 8.50. The van der Waals surface area contributed by atoms with Crippen LogP contribution in [0.3, 0.4) is 0 Å². The molecule has 0 bridgehead atoms. The second-order valence-corrected chi connectivity index (χ2v) is 5.46. The predicted octanol–water partition coefficient (Wildman–Crippen LogP) is 3.11. The topological polar surface area (TPSA) is 32.3 Å². The second-order valence-electron chi connectivity index (χ2n) is 5.03. The average molecular weight is 317 g/mol. The summed E-state index contributed by atoms with van der Waals surface area (Å²) < 4.78 is 0. The minimum Gasteiger partial charge on any atom is -0.338 e. The van der Waals surface area contributed by atoms with E-state index in [0.717, 1.165) is 43.1 Å². The lowest BCUT2D eigenvalue weighted by molar-refractivity contribution is -0.136. The molecule has 0 saturated carbocycles. The van der Waals surface area contributed by atoms with Gasteiger partial charge < -0.3 is 10.2 Å². The van der Waals surface area contributed by atoms with Crippen LogP contribution in [-0.2, 0) is 11.3 Å². The van der Waals surface area contributed by atoms with Gasteiger partial charge in [0.15, 0.2) is 0 Å². The van der Waals surface area contributed by atoms with Gasteiger partial charge in [0.2, 0.25) is 5.91 Å². The molecule has 1 heterocycles. The van der Waals surface area contributed by atoms with Gasteiger partial charge >= 0.3 is 0 Å². The highest BCUT2D eigenvalue weighted by atomic mass is 35.5. The first-order chi connectivity index (χ1) is 9.20. The van der Waals surface area contributed by atoms with E-state index in [0.29, 0.717) is 6.54 Å². The van der Waals surface area contributed by atoms with Crippen molar-refractivity contribution in [3.63, 3.8) is 0 Å². The van der Waals surface area contributed by atoms with Crippen molar-refractivity contribution >= 4 is 29.9 Å². The molecule has 1 aliphatic heterocycles. The number of piperidine rings is 1. The summed E-state index contributed by atoms with van der Waals surface area (Å²) in [5.41, 5.74) is 1.09. The number of halogens is 2. The quantitative estimate of drug-likeness (QED) is 0.925. The van der Waals surface area contributed by atoms with E-state index in [1.165, 1.54) is 0 Å². The van der Waals surface area contributed by atoms with Crippen molar-refractivity contribution < 1.29 is 4.79 Å². The third kappa shape index (κ3) is 4.65. The minimum absolute atomic E-state index is 0. The number of rotatable bonds is 4. The first kappa shape index (κ1) is 17.3. The number of carbonyl (C=O) groups excluding carboxylic acids is 1. The molecule has 2 rings (SSSR count). The monoisotopic (exact) mass is 316 g/mol. The van der Waals surface area contributed by atoms with Gasteiger partial charge in [-0.1, -0.05) is 23.7 Å². The Morgan fingerprint density at radius 1 is 1.50 bits per heavy atom. The smallest absolute Gasteiger partial charge is 0.227 e. The van der Waals surface area contributed by atoms with Crippen molar-refractivity contribution in [2.45, 2.75) is 26.3 Å². The Morgan fingerprint density at radius 3 is 2.90 bits per heavy atom. The molecule has 1 aliphatic rings. The fraction of sp³-hybridized carbons (Fsp3) is 0.533. The number of hydrogen-bond donors (Lipinski definition) is 1. The maximum Gasteiger partial charge on any atom is 0.227 e. The van der Waals surface area contributed by atoms with Gasteiger partial charge in [-0.05, 0) is 44.0 Å². The van der Waals surface area contributed by atoms with E-state index < -0.39 is 0 Å². The highest BCUT2D eigenvalue weighted by Gasteiger charge is 2.25. The number of benzene rings is 1. The molecule has 1 fully saturated rings. The summed E-state index contributed by atoms with van der Waals surface area (Å²) in [7, 11) is 0. The first-order valence-corrected chi connectivity index (χ1v) is 7.32. The van der Waals surface area contributed by atoms with Crippen LogP contribution in [0, 0.1) is 5.92 Å². The molecular weight excluding hydrogens is 295 g/mol. The molecule has 1 amide bonds. The molecule has 5 heteroatoms. The Bertz CT molecular complexity index is 434. The molecule has 0 radical (unpaired) electrons. The zero-order chi connectivity index (χ0) is 13.7. The van der Waals surface area contributed by atoms with Gasteiger partial charge in [-0.2, -0.15) is 0 Å². The molecule has 1 aromatic rings. The molecule has 1 saturated heterocycles. The van der Waals surface area contributed by atoms with Crippen LogP contribution in [0.5, 0.6) is 0 Å². The summed E-state index contributed by atoms with van der Waals surface area (Å²) in [6.45, 7) is 5.25. The lowest BCUT2D eigenvalue weighted by Crippen LogP contribution is -2.42. The van der Waals surface area contributed by atoms with Gasteiger partial charge in [-0.3, -0.25) is 4.79 Å². The van der Waals surface area contributed by atoms with Crippen LogP contribution in [0.2, 0.25) is 5.02 Å². The third-order valence-electron chi connectivity index (χ3n) is 3.60. The van der Waals surface area contributed by atoms with Gasteiger partial charge in [0.05, 0.1) is 5.92 Å². The molecule has 0 aromatic heterocycles. The molecule has 3 nitrogen and oxygen atoms in total. The Kier molecular flexibility index (Phi) is 7.35. The maximum atomic E-state index is 12.5. The van der Waals surface area contributed by atoms with Gasteiger partial charge in [0.25, 0.3) is 0 Å². The van der Waals surface area contributed by atoms with Crippen LogP contribution in [-0.4, -0.2) is 30.4 Å². The molecule has 1 aromatic carbocycles. The van der Waals surface area contributed by atoms with Crippen molar-refractivity contribution in [2.75, 3.05) is 19.6 Å². The van der Waals surface area contributed by atoms with Crippen molar-refractivity contribution in [1.82, 2.24) is 10.2 Å². The van der Waals surface area contributed by atoms with Crippen LogP contribution in [0.4, 0.5) is 0 Å². The van der Waals surface area contributed by atoms with E-state index >= 15 is 0 Å². The third-order valence-corrected chi connectivity index (χ3v) is 3.84. The van der Waals surface area contributed by atoms with Crippen molar-refractivity contribution in [1.29, 1.82) is 0 Å². The van der Waals surface area contributed by atoms with Gasteiger partial charge in [0, 0.05) is 24.7 Å². The Labute approximate surface area is 132 Å². The number of carbonyl (C=O) groups is 1. The molecule has 0 unspecified atom stereocenters. The van der Waals surface area contributed by atoms with Crippen LogP contribution in [0.1, 0.15) is 25.3 Å². The number of nitrogens with zero attached hydrogens (tertiary/aromatic N) is 1. The minimum atomic E-state index is 0. The highest BCUT2D eigenvalue weighted by Crippen LogP contribution is 2.17. The first-order valence-electron chi connectivity index (χ1n) is 6.94. The van der Waals surface area contributed by atoms with Crippen LogP contribution < -0.4 is 5.32 Å². The molecule has 0 spiro atoms. The predicted molar refractivity (Wildman–Crippen MR) is 85.4 cm³/mol. The van der Waals surface area contributed by atoms with E-state index in [1.54, 1.807) is 0 Å². The molecular formula is C15H22Cl2N2O. The lowest BCUT2D eigenvalue weighted by atomic mass is 9.98. The van der Waals surface area contributed by atoms with E-state index in [1.807, 2.05) is 36.1 Å². The van der Waals surface area contributed by atoms with Crippen molar-refractivity contribution in [3.05, 3.63) is 34.9 Å². The summed E-state index contributed by atoms with van der Waals surface area (Å²) in [4.78, 5) is 14.4. The normalized spacial score (nSPS) is 18.2. The van der Waals surface area contributed by atoms with Gasteiger partial charge in [-0.25, -0.2) is 0 Å². The molecule has 20 heavy (non-hydrogen) atoms. The van der Waals surface area contributed by atoms with Crippen molar-refractivity contribution in [2.24, 2.45) is 5.92 Å². The van der Waals surface area contributed by atoms with E-state index in [2.05, 4.69) is 5.32 Å². The Hall–Kier alpha value is -0.770. The largest absolute Gasteiger partial charge is 0.338 e. The van der Waals surface area contributed by atoms with E-state index in [4.69, 9.17) is 11.6 Å². The zero-order valence-corrected chi connectivity index (χ0v) is 13.3. The number of nitrogens with one attached hydrogen (secondary N) is 1. The maximum absolute atomic E-state index is 12.5. The van der Waals surface area contributed by atoms with Crippen LogP contribution >= 0.6 is 24.0 Å². The van der Waals surface area contributed by atoms with E-state index in [9.17, 15) is 4.79 Å². The van der Waals surface area contributed by atoms with Gasteiger partial charge in [-0.15, -0.1) is 12.4 Å². The molecule has 1 atom stereocenters. The molecule has 1 N–H and O–H groups in total. The fourth-order valence-corrected chi connectivity index (χ4v) is 2.73. The fourth-order valence-electron chi connectivity index (χ4n) is 2.52. The summed E-state index contributed by atoms with van der Waals surface area (Å²) in [5, 5.41) is 4.02. The Balaban J connectivity index is 0.00000200. The zero-order valence-electron chi connectivity index (χ0n) is 11.8. The average Bonchev–Trinajstić information content (AvgIpc) is 2.45. The van der Waals surface area contributed by atoms with Gasteiger partial charge in [0.1, 0.15) is 0 Å². The summed E-state index contributed by atoms with van der Waals surface area (Å²) >= 11 is 5.99. The van der Waals surface area contributed by atoms with E-state index in [-0.39, 0.29) is 24.2 Å². The number of amides is 1. The summed E-state index contributed by atoms with van der Waals surface area (Å²) in [5.74, 6) is 0.391. The Morgan fingerprint density at radius 2 is 2.30 bits per heavy atom. The summed E-state index contributed by atoms with van der Waals surface area (Å²) in [6, 6.07) is 7.73. The molecule has 0 aliphatic carbocycles. The van der Waals surface area contributed by atoms with Crippen LogP contribution in [0.15, 0.2) is 24.3 Å². The standard InChI is InChI=1S/C15H21ClN2O.ClH/c1-2-18(11-12-5-3-7-14(16)9-12)15(19)13-6-4-8-17-10-13;/h3,5,7,9,13,17H,2,4,6,8,10-11H2,1H3;1H/t13-;/m1./s1. The number of hydrogen-bond acceptors (Lipinski definition) is 2. The van der Waals surface area contributed by atoms with Crippen LogP contribution in [0.25, 0.3) is 0 Å². The molecule has 112 valence electrons.